The molecule has 1 aliphatic heterocycles. The summed E-state index contributed by atoms with van der Waals surface area (Å²) in [5.74, 6) is 0.765. The molecule has 1 fully saturated rings. The summed E-state index contributed by atoms with van der Waals surface area (Å²) in [6, 6.07) is 3.59. The number of aromatic nitrogens is 1. The maximum atomic E-state index is 13.0. The summed E-state index contributed by atoms with van der Waals surface area (Å²) < 4.78 is 12.4. The van der Waals surface area contributed by atoms with Gasteiger partial charge in [0.15, 0.2) is 11.5 Å². The van der Waals surface area contributed by atoms with E-state index in [-0.39, 0.29) is 24.0 Å². The molecule has 2 aromatic rings. The van der Waals surface area contributed by atoms with Gasteiger partial charge in [0.25, 0.3) is 11.5 Å². The molecule has 0 saturated heterocycles. The van der Waals surface area contributed by atoms with Crippen LogP contribution in [0, 0.1) is 19.8 Å². The molecule has 184 valence electrons. The standard InChI is InChI=1S/C25H32ClN3O5/c1-13-9-20(30)18(25(32)28-13)11-27-24(31)17-10-19(26)23-22(14(17)2)34-21(12-33-23)15-5-7-16(8-6-15)29(3)4/h9-10,15-16,21H,5-8,11-12H2,1-4H3,(H,27,31)(H2,28,30,32). The summed E-state index contributed by atoms with van der Waals surface area (Å²) in [6.45, 7) is 3.79. The van der Waals surface area contributed by atoms with Gasteiger partial charge in [-0.05, 0) is 71.7 Å². The number of aromatic amines is 1. The second-order valence-electron chi connectivity index (χ2n) is 9.52. The van der Waals surface area contributed by atoms with Gasteiger partial charge in [-0.25, -0.2) is 0 Å². The van der Waals surface area contributed by atoms with E-state index >= 15 is 0 Å². The number of carbonyl (C=O) groups is 1. The lowest BCUT2D eigenvalue weighted by molar-refractivity contribution is 0.0239. The maximum absolute atomic E-state index is 13.0. The molecule has 1 aromatic carbocycles. The van der Waals surface area contributed by atoms with E-state index in [0.29, 0.717) is 51.9 Å². The molecule has 9 heteroatoms. The number of aryl methyl sites for hydroxylation is 1. The molecule has 4 rings (SSSR count). The van der Waals surface area contributed by atoms with Crippen molar-refractivity contribution in [3.8, 4) is 17.2 Å². The number of pyridine rings is 1. The maximum Gasteiger partial charge on any atom is 0.256 e. The zero-order chi connectivity index (χ0) is 24.6. The van der Waals surface area contributed by atoms with E-state index < -0.39 is 11.5 Å². The fourth-order valence-electron chi connectivity index (χ4n) is 4.92. The summed E-state index contributed by atoms with van der Waals surface area (Å²) in [4.78, 5) is 30.0. The fourth-order valence-corrected chi connectivity index (χ4v) is 5.17. The third-order valence-electron chi connectivity index (χ3n) is 7.01. The van der Waals surface area contributed by atoms with Crippen LogP contribution in [0.4, 0.5) is 0 Å². The number of fused-ring (bicyclic) bond motifs is 1. The van der Waals surface area contributed by atoms with Gasteiger partial charge in [-0.2, -0.15) is 0 Å². The molecule has 34 heavy (non-hydrogen) atoms. The van der Waals surface area contributed by atoms with Gasteiger partial charge in [-0.3, -0.25) is 9.59 Å². The van der Waals surface area contributed by atoms with Crippen LogP contribution in [0.2, 0.25) is 5.02 Å². The number of nitrogens with one attached hydrogen (secondary N) is 2. The third kappa shape index (κ3) is 4.88. The van der Waals surface area contributed by atoms with E-state index in [9.17, 15) is 14.7 Å². The first-order chi connectivity index (χ1) is 16.2. The molecule has 0 spiro atoms. The predicted octanol–water partition coefficient (Wildman–Crippen LogP) is 3.54. The SMILES string of the molecule is Cc1cc(O)c(CNC(=O)c2cc(Cl)c3c(c2C)OC(C2CCC(N(C)C)CC2)CO3)c(=O)[nH]1. The third-order valence-corrected chi connectivity index (χ3v) is 7.30. The fraction of sp³-hybridized carbons (Fsp3) is 0.520. The number of aromatic hydroxyl groups is 1. The van der Waals surface area contributed by atoms with Gasteiger partial charge < -0.3 is 29.8 Å². The average molecular weight is 490 g/mol. The van der Waals surface area contributed by atoms with Crippen molar-refractivity contribution in [1.82, 2.24) is 15.2 Å². The minimum atomic E-state index is -0.443. The van der Waals surface area contributed by atoms with E-state index in [1.165, 1.54) is 6.07 Å². The number of carbonyl (C=O) groups excluding carboxylic acids is 1. The first kappa shape index (κ1) is 24.4. The van der Waals surface area contributed by atoms with E-state index in [1.807, 2.05) is 0 Å². The van der Waals surface area contributed by atoms with Crippen LogP contribution in [0.15, 0.2) is 16.9 Å². The molecule has 0 radical (unpaired) electrons. The van der Waals surface area contributed by atoms with Crippen LogP contribution >= 0.6 is 11.6 Å². The van der Waals surface area contributed by atoms with Crippen molar-refractivity contribution in [2.45, 2.75) is 58.2 Å². The number of hydrogen-bond acceptors (Lipinski definition) is 6. The monoisotopic (exact) mass is 489 g/mol. The molecule has 1 aliphatic carbocycles. The Labute approximate surface area is 204 Å². The van der Waals surface area contributed by atoms with Gasteiger partial charge in [0.05, 0.1) is 17.1 Å². The number of hydrogen-bond donors (Lipinski definition) is 3. The quantitative estimate of drug-likeness (QED) is 0.593. The van der Waals surface area contributed by atoms with Gasteiger partial charge in [0.1, 0.15) is 18.5 Å². The zero-order valence-corrected chi connectivity index (χ0v) is 20.8. The Morgan fingerprint density at radius 3 is 2.56 bits per heavy atom. The molecule has 2 heterocycles. The molecule has 1 aromatic heterocycles. The Hall–Kier alpha value is -2.71. The Bertz CT molecular complexity index is 1140. The Balaban J connectivity index is 1.50. The predicted molar refractivity (Wildman–Crippen MR) is 130 cm³/mol. The number of rotatable bonds is 5. The molecule has 8 nitrogen and oxygen atoms in total. The zero-order valence-electron chi connectivity index (χ0n) is 20.0. The number of nitrogens with zero attached hydrogens (tertiary/aromatic N) is 1. The number of halogens is 1. The highest BCUT2D eigenvalue weighted by Gasteiger charge is 2.35. The summed E-state index contributed by atoms with van der Waals surface area (Å²) in [5, 5.41) is 13.1. The molecule has 1 saturated carbocycles. The molecular formula is C25H32ClN3O5. The van der Waals surface area contributed by atoms with Crippen molar-refractivity contribution in [1.29, 1.82) is 0 Å². The van der Waals surface area contributed by atoms with Gasteiger partial charge in [-0.1, -0.05) is 11.6 Å². The Morgan fingerprint density at radius 1 is 1.21 bits per heavy atom. The average Bonchev–Trinajstić information content (AvgIpc) is 2.80. The molecule has 2 aliphatic rings. The van der Waals surface area contributed by atoms with Crippen molar-refractivity contribution in [2.75, 3.05) is 20.7 Å². The van der Waals surface area contributed by atoms with Crippen molar-refractivity contribution in [3.63, 3.8) is 0 Å². The lowest BCUT2D eigenvalue weighted by Gasteiger charge is -2.38. The van der Waals surface area contributed by atoms with Crippen LogP contribution in [-0.4, -0.2) is 53.7 Å². The van der Waals surface area contributed by atoms with E-state index in [1.54, 1.807) is 19.9 Å². The minimum absolute atomic E-state index is 0.0910. The van der Waals surface area contributed by atoms with Crippen LogP contribution in [0.5, 0.6) is 17.2 Å². The van der Waals surface area contributed by atoms with Crippen molar-refractivity contribution < 1.29 is 19.4 Å². The van der Waals surface area contributed by atoms with Gasteiger partial charge >= 0.3 is 0 Å². The lowest BCUT2D eigenvalue weighted by Crippen LogP contribution is -2.41. The molecule has 1 unspecified atom stereocenters. The minimum Gasteiger partial charge on any atom is -0.507 e. The highest BCUT2D eigenvalue weighted by atomic mass is 35.5. The molecule has 1 atom stereocenters. The molecular weight excluding hydrogens is 458 g/mol. The van der Waals surface area contributed by atoms with Gasteiger partial charge in [0.2, 0.25) is 0 Å². The molecule has 3 N–H and O–H groups in total. The van der Waals surface area contributed by atoms with E-state index in [0.717, 1.165) is 25.7 Å². The van der Waals surface area contributed by atoms with Crippen molar-refractivity contribution in [3.05, 3.63) is 49.9 Å². The van der Waals surface area contributed by atoms with Crippen LogP contribution in [0.25, 0.3) is 0 Å². The van der Waals surface area contributed by atoms with Crippen LogP contribution in [0.1, 0.15) is 52.9 Å². The van der Waals surface area contributed by atoms with E-state index in [4.69, 9.17) is 21.1 Å². The first-order valence-corrected chi connectivity index (χ1v) is 12.0. The van der Waals surface area contributed by atoms with Crippen LogP contribution in [-0.2, 0) is 6.54 Å². The van der Waals surface area contributed by atoms with Crippen LogP contribution in [0.3, 0.4) is 0 Å². The Kier molecular flexibility index (Phi) is 7.09. The number of benzene rings is 1. The van der Waals surface area contributed by atoms with E-state index in [2.05, 4.69) is 29.3 Å². The second kappa shape index (κ2) is 9.88. The normalized spacial score (nSPS) is 22.0. The summed E-state index contributed by atoms with van der Waals surface area (Å²) in [5.41, 5.74) is 1.16. The first-order valence-electron chi connectivity index (χ1n) is 11.6. The molecule has 0 bridgehead atoms. The second-order valence-corrected chi connectivity index (χ2v) is 9.92. The number of amides is 1. The highest BCUT2D eigenvalue weighted by molar-refractivity contribution is 6.32. The largest absolute Gasteiger partial charge is 0.507 e. The highest BCUT2D eigenvalue weighted by Crippen LogP contribution is 2.45. The summed E-state index contributed by atoms with van der Waals surface area (Å²) >= 11 is 6.45. The topological polar surface area (TPSA) is 104 Å². The summed E-state index contributed by atoms with van der Waals surface area (Å²) in [6.07, 6.45) is 4.28. The smallest absolute Gasteiger partial charge is 0.256 e. The van der Waals surface area contributed by atoms with Crippen molar-refractivity contribution in [2.24, 2.45) is 5.92 Å². The van der Waals surface area contributed by atoms with Crippen LogP contribution < -0.4 is 20.3 Å². The van der Waals surface area contributed by atoms with Crippen molar-refractivity contribution >= 4 is 17.5 Å². The number of ether oxygens (including phenoxy) is 2. The summed E-state index contributed by atoms with van der Waals surface area (Å²) in [7, 11) is 4.24. The van der Waals surface area contributed by atoms with Gasteiger partial charge in [-0.15, -0.1) is 0 Å². The van der Waals surface area contributed by atoms with Gasteiger partial charge in [0, 0.05) is 22.9 Å². The lowest BCUT2D eigenvalue weighted by atomic mass is 9.82. The molecule has 1 amide bonds. The number of H-pyrrole nitrogens is 1. The Morgan fingerprint density at radius 2 is 1.91 bits per heavy atom.